The largest absolute Gasteiger partial charge is 0.481 e. The number of carboxylic acid groups (broad SMARTS) is 1. The molecular weight excluding hydrogens is 388 g/mol. The molecule has 2 unspecified atom stereocenters. The number of rotatable bonds is 4. The van der Waals surface area contributed by atoms with Crippen LogP contribution in [0.2, 0.25) is 0 Å². The van der Waals surface area contributed by atoms with E-state index in [4.69, 9.17) is 14.6 Å². The van der Waals surface area contributed by atoms with Crippen molar-refractivity contribution < 1.29 is 34.4 Å². The van der Waals surface area contributed by atoms with E-state index in [2.05, 4.69) is 32.6 Å². The first kappa shape index (κ1) is 20.4. The molecule has 30 heavy (non-hydrogen) atoms. The number of aliphatic hydroxyl groups excluding tert-OH is 2. The van der Waals surface area contributed by atoms with Crippen LogP contribution in [0.5, 0.6) is 0 Å². The molecule has 6 rings (SSSR count). The highest BCUT2D eigenvalue weighted by molar-refractivity contribution is 6.05. The second kappa shape index (κ2) is 6.03. The molecule has 3 N–H and O–H groups in total. The summed E-state index contributed by atoms with van der Waals surface area (Å²) in [6.45, 7) is 8.23. The summed E-state index contributed by atoms with van der Waals surface area (Å²) in [5.74, 6) is -4.02. The number of ether oxygens (including phenoxy) is 2. The predicted molar refractivity (Wildman–Crippen MR) is 105 cm³/mol. The van der Waals surface area contributed by atoms with Crippen LogP contribution in [0, 0.1) is 34.0 Å². The fourth-order valence-corrected chi connectivity index (χ4v) is 7.92. The summed E-state index contributed by atoms with van der Waals surface area (Å²) in [5.41, 5.74) is -1.98. The van der Waals surface area contributed by atoms with Crippen molar-refractivity contribution in [2.45, 2.75) is 57.5 Å². The van der Waals surface area contributed by atoms with Gasteiger partial charge >= 0.3 is 5.97 Å². The molecule has 0 aromatic carbocycles. The van der Waals surface area contributed by atoms with Gasteiger partial charge in [-0.15, -0.1) is 0 Å². The Bertz CT molecular complexity index is 862. The summed E-state index contributed by atoms with van der Waals surface area (Å²) in [6.07, 6.45) is 3.79. The SMILES string of the molecule is C=C1C(=O)[C@]23C(O)[C@H]1CC[C@H]2[C@]12C=CCC(C)(C)[C@H]1[C@H](O)C3(OCCC(=O)O)OC2. The Morgan fingerprint density at radius 2 is 2.03 bits per heavy atom. The Morgan fingerprint density at radius 1 is 1.30 bits per heavy atom. The standard InChI is InChI=1S/C23H30O7/c1-12-13-5-6-14-21-9-4-8-20(2,3)16(21)19(28)23(30-11-21,29-10-7-15(24)25)22(14,17(12)26)18(13)27/h4,9,13-14,16,18-19,27-28H,1,5-8,10-11H2,2-3H3,(H,24,25)/t13-,14-,16+,18?,19-,21+,22-,23?/m0/s1. The third-order valence-corrected chi connectivity index (χ3v) is 8.87. The molecule has 4 bridgehead atoms. The summed E-state index contributed by atoms with van der Waals surface area (Å²) in [5, 5.41) is 32.4. The molecule has 0 radical (unpaired) electrons. The van der Waals surface area contributed by atoms with E-state index in [-0.39, 0.29) is 48.6 Å². The normalized spacial score (nSPS) is 50.3. The fraction of sp³-hybridized carbons (Fsp3) is 0.739. The predicted octanol–water partition coefficient (Wildman–Crippen LogP) is 1.68. The Morgan fingerprint density at radius 3 is 2.73 bits per heavy atom. The minimum Gasteiger partial charge on any atom is -0.481 e. The summed E-state index contributed by atoms with van der Waals surface area (Å²) in [7, 11) is 0. The summed E-state index contributed by atoms with van der Waals surface area (Å²) in [6, 6.07) is 0. The number of ketones is 1. The van der Waals surface area contributed by atoms with Gasteiger partial charge in [0, 0.05) is 17.3 Å². The van der Waals surface area contributed by atoms with E-state index in [0.717, 1.165) is 6.42 Å². The van der Waals surface area contributed by atoms with Crippen LogP contribution in [0.25, 0.3) is 0 Å². The van der Waals surface area contributed by atoms with Crippen LogP contribution in [0.15, 0.2) is 24.3 Å². The van der Waals surface area contributed by atoms with Gasteiger partial charge in [-0.1, -0.05) is 32.6 Å². The number of carbonyl (C=O) groups excluding carboxylic acids is 1. The zero-order chi connectivity index (χ0) is 21.7. The van der Waals surface area contributed by atoms with Crippen molar-refractivity contribution in [3.63, 3.8) is 0 Å². The molecule has 2 heterocycles. The molecule has 5 fully saturated rings. The highest BCUT2D eigenvalue weighted by Crippen LogP contribution is 2.76. The van der Waals surface area contributed by atoms with E-state index in [1.165, 1.54) is 0 Å². The molecular formula is C23H30O7. The molecule has 2 aliphatic heterocycles. The van der Waals surface area contributed by atoms with Crippen molar-refractivity contribution >= 4 is 11.8 Å². The summed E-state index contributed by atoms with van der Waals surface area (Å²) < 4.78 is 12.4. The molecule has 0 aromatic rings. The first-order chi connectivity index (χ1) is 14.1. The Hall–Kier alpha value is -1.54. The van der Waals surface area contributed by atoms with E-state index in [1.807, 2.05) is 0 Å². The van der Waals surface area contributed by atoms with Crippen LogP contribution in [-0.2, 0) is 19.1 Å². The second-order valence-electron chi connectivity index (χ2n) is 10.5. The number of aliphatic hydroxyl groups is 2. The van der Waals surface area contributed by atoms with Crippen molar-refractivity contribution in [3.8, 4) is 0 Å². The number of carboxylic acids is 1. The van der Waals surface area contributed by atoms with Gasteiger partial charge in [0.05, 0.1) is 25.7 Å². The second-order valence-corrected chi connectivity index (χ2v) is 10.5. The lowest BCUT2D eigenvalue weighted by Gasteiger charge is -2.73. The van der Waals surface area contributed by atoms with Gasteiger partial charge in [0.25, 0.3) is 0 Å². The highest BCUT2D eigenvalue weighted by Gasteiger charge is 2.86. The van der Waals surface area contributed by atoms with Crippen molar-refractivity contribution in [2.24, 2.45) is 34.0 Å². The maximum absolute atomic E-state index is 13.8. The van der Waals surface area contributed by atoms with Crippen molar-refractivity contribution in [1.29, 1.82) is 0 Å². The van der Waals surface area contributed by atoms with Crippen LogP contribution in [0.3, 0.4) is 0 Å². The number of hydrogen-bond donors (Lipinski definition) is 3. The van der Waals surface area contributed by atoms with Gasteiger partial charge in [-0.25, -0.2) is 0 Å². The number of Topliss-reactive ketones (excluding diaryl/α,β-unsaturated/α-hetero) is 1. The van der Waals surface area contributed by atoms with Crippen LogP contribution >= 0.6 is 0 Å². The zero-order valence-corrected chi connectivity index (χ0v) is 17.5. The molecule has 3 saturated carbocycles. The lowest BCUT2D eigenvalue weighted by molar-refractivity contribution is -0.447. The van der Waals surface area contributed by atoms with Crippen LogP contribution in [0.4, 0.5) is 0 Å². The first-order valence-corrected chi connectivity index (χ1v) is 10.8. The Labute approximate surface area is 175 Å². The van der Waals surface area contributed by atoms with Crippen molar-refractivity contribution in [3.05, 3.63) is 24.3 Å². The van der Waals surface area contributed by atoms with E-state index in [1.54, 1.807) is 0 Å². The van der Waals surface area contributed by atoms with Gasteiger partial charge in [0.15, 0.2) is 5.78 Å². The molecule has 6 aliphatic rings. The van der Waals surface area contributed by atoms with Crippen molar-refractivity contribution in [2.75, 3.05) is 13.2 Å². The number of allylic oxidation sites excluding steroid dienone is 1. The first-order valence-electron chi connectivity index (χ1n) is 10.8. The third kappa shape index (κ3) is 2.01. The molecule has 7 heteroatoms. The average molecular weight is 418 g/mol. The molecule has 7 nitrogen and oxygen atoms in total. The van der Waals surface area contributed by atoms with Crippen LogP contribution < -0.4 is 0 Å². The average Bonchev–Trinajstić information content (AvgIpc) is 2.77. The van der Waals surface area contributed by atoms with Gasteiger partial charge < -0.3 is 24.8 Å². The smallest absolute Gasteiger partial charge is 0.305 e. The Balaban J connectivity index is 1.74. The highest BCUT2D eigenvalue weighted by atomic mass is 16.7. The van der Waals surface area contributed by atoms with Gasteiger partial charge in [-0.2, -0.15) is 0 Å². The number of hydrogen-bond acceptors (Lipinski definition) is 6. The number of fused-ring (bicyclic) bond motifs is 2. The van der Waals surface area contributed by atoms with Gasteiger partial charge in [-0.05, 0) is 36.2 Å². The molecule has 4 aliphatic carbocycles. The molecule has 0 aromatic heterocycles. The number of aliphatic carboxylic acids is 1. The van der Waals surface area contributed by atoms with Gasteiger partial charge in [0.2, 0.25) is 5.79 Å². The molecule has 8 atom stereocenters. The van der Waals surface area contributed by atoms with E-state index in [9.17, 15) is 19.8 Å². The maximum atomic E-state index is 13.8. The molecule has 2 saturated heterocycles. The van der Waals surface area contributed by atoms with Crippen molar-refractivity contribution in [1.82, 2.24) is 0 Å². The maximum Gasteiger partial charge on any atom is 0.305 e. The quantitative estimate of drug-likeness (QED) is 0.470. The number of carbonyl (C=O) groups is 2. The Kier molecular flexibility index (Phi) is 4.09. The summed E-state index contributed by atoms with van der Waals surface area (Å²) in [4.78, 5) is 24.9. The fourth-order valence-electron chi connectivity index (χ4n) is 7.92. The van der Waals surface area contributed by atoms with E-state index < -0.39 is 34.8 Å². The lowest BCUT2D eigenvalue weighted by atomic mass is 9.37. The van der Waals surface area contributed by atoms with E-state index in [0.29, 0.717) is 18.4 Å². The minimum absolute atomic E-state index is 0.214. The topological polar surface area (TPSA) is 113 Å². The van der Waals surface area contributed by atoms with Crippen LogP contribution in [0.1, 0.15) is 39.5 Å². The molecule has 164 valence electrons. The lowest BCUT2D eigenvalue weighted by Crippen LogP contribution is -2.83. The monoisotopic (exact) mass is 418 g/mol. The van der Waals surface area contributed by atoms with Gasteiger partial charge in [0.1, 0.15) is 11.5 Å². The molecule has 0 amide bonds. The summed E-state index contributed by atoms with van der Waals surface area (Å²) >= 11 is 0. The van der Waals surface area contributed by atoms with Gasteiger partial charge in [-0.3, -0.25) is 9.59 Å². The zero-order valence-electron chi connectivity index (χ0n) is 17.5. The molecule has 2 spiro atoms. The minimum atomic E-state index is -1.78. The van der Waals surface area contributed by atoms with Crippen LogP contribution in [-0.4, -0.2) is 58.3 Å². The van der Waals surface area contributed by atoms with E-state index >= 15 is 0 Å². The third-order valence-electron chi connectivity index (χ3n) is 8.87.